The summed E-state index contributed by atoms with van der Waals surface area (Å²) in [7, 11) is -3.52. The fourth-order valence-corrected chi connectivity index (χ4v) is 5.25. The van der Waals surface area contributed by atoms with Crippen LogP contribution in [-0.4, -0.2) is 8.42 Å². The highest BCUT2D eigenvalue weighted by molar-refractivity contribution is 7.91. The van der Waals surface area contributed by atoms with E-state index < -0.39 is 9.84 Å². The van der Waals surface area contributed by atoms with Crippen molar-refractivity contribution in [1.29, 1.82) is 0 Å². The molecule has 5 rings (SSSR count). The predicted molar refractivity (Wildman–Crippen MR) is 138 cm³/mol. The van der Waals surface area contributed by atoms with Crippen LogP contribution in [-0.2, 0) is 9.84 Å². The summed E-state index contributed by atoms with van der Waals surface area (Å²) in [5, 5.41) is 0. The van der Waals surface area contributed by atoms with Gasteiger partial charge >= 0.3 is 0 Å². The second kappa shape index (κ2) is 9.38. The predicted octanol–water partition coefficient (Wildman–Crippen LogP) is 7.66. The lowest BCUT2D eigenvalue weighted by Gasteiger charge is -2.25. The number of hydrogen-bond donors (Lipinski definition) is 0. The normalized spacial score (nSPS) is 11.2. The maximum atomic E-state index is 12.9. The zero-order valence-electron chi connectivity index (χ0n) is 18.5. The summed E-state index contributed by atoms with van der Waals surface area (Å²) in [5.41, 5.74) is 5.19. The van der Waals surface area contributed by atoms with E-state index in [4.69, 9.17) is 0 Å². The monoisotopic (exact) mass is 461 g/mol. The number of rotatable bonds is 6. The summed E-state index contributed by atoms with van der Waals surface area (Å²) < 4.78 is 25.7. The maximum Gasteiger partial charge on any atom is 0.206 e. The Morgan fingerprint density at radius 2 is 0.735 bits per heavy atom. The van der Waals surface area contributed by atoms with Crippen molar-refractivity contribution in [3.8, 4) is 11.1 Å². The number of nitrogens with zero attached hydrogens (tertiary/aromatic N) is 1. The van der Waals surface area contributed by atoms with Crippen LogP contribution in [0.2, 0.25) is 0 Å². The summed E-state index contributed by atoms with van der Waals surface area (Å²) >= 11 is 0. The smallest absolute Gasteiger partial charge is 0.206 e. The van der Waals surface area contributed by atoms with Crippen LogP contribution >= 0.6 is 0 Å². The van der Waals surface area contributed by atoms with Gasteiger partial charge in [0.15, 0.2) is 0 Å². The van der Waals surface area contributed by atoms with Gasteiger partial charge in [-0.25, -0.2) is 8.42 Å². The molecule has 0 saturated heterocycles. The molecule has 166 valence electrons. The van der Waals surface area contributed by atoms with Crippen LogP contribution in [0, 0.1) is 0 Å². The Balaban J connectivity index is 1.45. The van der Waals surface area contributed by atoms with Crippen molar-refractivity contribution in [1.82, 2.24) is 0 Å². The first kappa shape index (κ1) is 21.7. The molecule has 0 N–H and O–H groups in total. The minimum atomic E-state index is -3.52. The third kappa shape index (κ3) is 4.36. The molecule has 0 fully saturated rings. The first-order valence-electron chi connectivity index (χ1n) is 11.0. The molecule has 0 aliphatic heterocycles. The van der Waals surface area contributed by atoms with E-state index >= 15 is 0 Å². The molecular weight excluding hydrogens is 438 g/mol. The van der Waals surface area contributed by atoms with E-state index in [0.717, 1.165) is 28.2 Å². The first-order valence-corrected chi connectivity index (χ1v) is 12.5. The van der Waals surface area contributed by atoms with Crippen LogP contribution in [0.15, 0.2) is 149 Å². The molecule has 0 atom stereocenters. The average Bonchev–Trinajstić information content (AvgIpc) is 2.91. The number of benzene rings is 5. The summed E-state index contributed by atoms with van der Waals surface area (Å²) in [6.45, 7) is 0. The van der Waals surface area contributed by atoms with Crippen molar-refractivity contribution in [3.05, 3.63) is 140 Å². The molecule has 34 heavy (non-hydrogen) atoms. The van der Waals surface area contributed by atoms with Gasteiger partial charge in [0.05, 0.1) is 9.79 Å². The fraction of sp³-hybridized carbons (Fsp3) is 0. The van der Waals surface area contributed by atoms with Crippen molar-refractivity contribution in [2.24, 2.45) is 0 Å². The molecule has 0 spiro atoms. The largest absolute Gasteiger partial charge is 0.311 e. The number of anilines is 3. The highest BCUT2D eigenvalue weighted by atomic mass is 32.2. The van der Waals surface area contributed by atoms with Gasteiger partial charge in [-0.05, 0) is 71.8 Å². The third-order valence-corrected chi connectivity index (χ3v) is 7.49. The molecule has 0 amide bonds. The molecule has 0 saturated carbocycles. The van der Waals surface area contributed by atoms with E-state index in [9.17, 15) is 8.42 Å². The molecular formula is C30H23NO2S. The van der Waals surface area contributed by atoms with Crippen molar-refractivity contribution in [2.75, 3.05) is 4.90 Å². The lowest BCUT2D eigenvalue weighted by Crippen LogP contribution is -2.09. The summed E-state index contributed by atoms with van der Waals surface area (Å²) in [6, 6.07) is 44.4. The van der Waals surface area contributed by atoms with Gasteiger partial charge in [0.1, 0.15) is 0 Å². The van der Waals surface area contributed by atoms with E-state index in [1.54, 1.807) is 36.4 Å². The number of sulfone groups is 1. The first-order chi connectivity index (χ1) is 16.6. The van der Waals surface area contributed by atoms with E-state index in [-0.39, 0.29) is 0 Å². The highest BCUT2D eigenvalue weighted by Gasteiger charge is 2.17. The van der Waals surface area contributed by atoms with Gasteiger partial charge in [-0.3, -0.25) is 0 Å². The van der Waals surface area contributed by atoms with Crippen molar-refractivity contribution in [2.45, 2.75) is 9.79 Å². The second-order valence-corrected chi connectivity index (χ2v) is 9.84. The van der Waals surface area contributed by atoms with Crippen molar-refractivity contribution in [3.63, 3.8) is 0 Å². The molecule has 0 unspecified atom stereocenters. The Hall–Kier alpha value is -4.15. The van der Waals surface area contributed by atoms with E-state index in [1.807, 2.05) is 54.6 Å². The molecule has 3 nitrogen and oxygen atoms in total. The molecule has 0 radical (unpaired) electrons. The summed E-state index contributed by atoms with van der Waals surface area (Å²) in [4.78, 5) is 2.80. The third-order valence-electron chi connectivity index (χ3n) is 5.71. The van der Waals surface area contributed by atoms with Gasteiger partial charge in [0, 0.05) is 17.1 Å². The quantitative estimate of drug-likeness (QED) is 0.260. The Bertz CT molecular complexity index is 1430. The SMILES string of the molecule is O=S(=O)(c1ccccc1)c1ccc(-c2ccc(N(c3ccccc3)c3ccccc3)cc2)cc1. The molecule has 5 aromatic carbocycles. The highest BCUT2D eigenvalue weighted by Crippen LogP contribution is 2.35. The second-order valence-electron chi connectivity index (χ2n) is 7.89. The van der Waals surface area contributed by atoms with Gasteiger partial charge in [0.25, 0.3) is 0 Å². The molecule has 0 aromatic heterocycles. The number of hydrogen-bond acceptors (Lipinski definition) is 3. The van der Waals surface area contributed by atoms with Gasteiger partial charge in [-0.1, -0.05) is 78.9 Å². The van der Waals surface area contributed by atoms with E-state index in [0.29, 0.717) is 9.79 Å². The van der Waals surface area contributed by atoms with Gasteiger partial charge in [-0.2, -0.15) is 0 Å². The Morgan fingerprint density at radius 1 is 0.382 bits per heavy atom. The van der Waals surface area contributed by atoms with E-state index in [1.165, 1.54) is 0 Å². The zero-order valence-corrected chi connectivity index (χ0v) is 19.3. The average molecular weight is 462 g/mol. The Morgan fingerprint density at radius 3 is 1.21 bits per heavy atom. The Labute approximate surface area is 200 Å². The van der Waals surface area contributed by atoms with Crippen molar-refractivity contribution < 1.29 is 8.42 Å². The molecule has 0 aliphatic carbocycles. The minimum Gasteiger partial charge on any atom is -0.311 e. The minimum absolute atomic E-state index is 0.290. The van der Waals surface area contributed by atoms with Crippen LogP contribution in [0.1, 0.15) is 0 Å². The van der Waals surface area contributed by atoms with Gasteiger partial charge < -0.3 is 4.90 Å². The maximum absolute atomic E-state index is 12.9. The molecule has 5 aromatic rings. The van der Waals surface area contributed by atoms with Crippen LogP contribution in [0.4, 0.5) is 17.1 Å². The summed E-state index contributed by atoms with van der Waals surface area (Å²) in [5.74, 6) is 0. The zero-order chi connectivity index (χ0) is 23.4. The lowest BCUT2D eigenvalue weighted by atomic mass is 10.0. The molecule has 0 heterocycles. The van der Waals surface area contributed by atoms with E-state index in [2.05, 4.69) is 53.4 Å². The van der Waals surface area contributed by atoms with Gasteiger partial charge in [0.2, 0.25) is 9.84 Å². The van der Waals surface area contributed by atoms with Crippen LogP contribution in [0.5, 0.6) is 0 Å². The van der Waals surface area contributed by atoms with Crippen molar-refractivity contribution >= 4 is 26.9 Å². The fourth-order valence-electron chi connectivity index (χ4n) is 3.97. The lowest BCUT2D eigenvalue weighted by molar-refractivity contribution is 0.596. The summed E-state index contributed by atoms with van der Waals surface area (Å²) in [6.07, 6.45) is 0. The van der Waals surface area contributed by atoms with Crippen LogP contribution in [0.3, 0.4) is 0 Å². The number of para-hydroxylation sites is 2. The standard InChI is InChI=1S/C30H23NO2S/c32-34(33,29-14-8-3-9-15-29)30-22-18-25(19-23-30)24-16-20-28(21-17-24)31(26-10-4-1-5-11-26)27-12-6-2-7-13-27/h1-23H. The van der Waals surface area contributed by atoms with Gasteiger partial charge in [-0.15, -0.1) is 0 Å². The molecule has 4 heteroatoms. The topological polar surface area (TPSA) is 37.4 Å². The Kier molecular flexibility index (Phi) is 5.98. The molecule has 0 aliphatic rings. The van der Waals surface area contributed by atoms with Crippen LogP contribution < -0.4 is 4.90 Å². The molecule has 0 bridgehead atoms. The van der Waals surface area contributed by atoms with Crippen LogP contribution in [0.25, 0.3) is 11.1 Å².